The summed E-state index contributed by atoms with van der Waals surface area (Å²) < 4.78 is 7.94. The van der Waals surface area contributed by atoms with Crippen molar-refractivity contribution in [3.8, 4) is 5.75 Å². The number of carboxylic acids is 1. The second kappa shape index (κ2) is 11.8. The monoisotopic (exact) mass is 554 g/mol. The Labute approximate surface area is 243 Å². The minimum Gasteiger partial charge on any atom is -0.478 e. The number of aliphatic carboxylic acids is 1. The molecule has 0 spiro atoms. The molecule has 216 valence electrons. The third-order valence-electron chi connectivity index (χ3n) is 7.88. The number of ether oxygens (including phenoxy) is 1. The lowest BCUT2D eigenvalue weighted by Gasteiger charge is -2.22. The standard InChI is InChI=1S/C35H42N2O4/c1-21(2)32(34(39)40)41-28-14-9-11-24(17-28)18-30-23(4)37(8)31-20-26(15-16-29(30)31)33(38)36-22(3)25-12-10-13-27(19-25)35(5,6)7/h9-17,19-22,32H,18H2,1-8H3,(H,36,38)(H,39,40)/t22-,32?/m0/s1. The summed E-state index contributed by atoms with van der Waals surface area (Å²) in [6, 6.07) is 21.8. The summed E-state index contributed by atoms with van der Waals surface area (Å²) in [5.41, 5.74) is 7.27. The summed E-state index contributed by atoms with van der Waals surface area (Å²) >= 11 is 0. The van der Waals surface area contributed by atoms with Gasteiger partial charge in [0.05, 0.1) is 6.04 Å². The third-order valence-corrected chi connectivity index (χ3v) is 7.88. The van der Waals surface area contributed by atoms with Gasteiger partial charge in [0.1, 0.15) is 5.75 Å². The highest BCUT2D eigenvalue weighted by atomic mass is 16.5. The van der Waals surface area contributed by atoms with Crippen LogP contribution in [0.4, 0.5) is 0 Å². The molecule has 1 unspecified atom stereocenters. The maximum Gasteiger partial charge on any atom is 0.345 e. The lowest BCUT2D eigenvalue weighted by molar-refractivity contribution is -0.147. The molecule has 3 aromatic carbocycles. The number of benzene rings is 3. The molecule has 0 bridgehead atoms. The highest BCUT2D eigenvalue weighted by molar-refractivity contribution is 5.99. The van der Waals surface area contributed by atoms with Crippen LogP contribution in [0.5, 0.6) is 5.75 Å². The number of hydrogen-bond acceptors (Lipinski definition) is 3. The lowest BCUT2D eigenvalue weighted by Crippen LogP contribution is -2.32. The molecule has 6 heteroatoms. The molecule has 1 amide bonds. The zero-order valence-corrected chi connectivity index (χ0v) is 25.4. The molecule has 4 rings (SSSR count). The number of aromatic nitrogens is 1. The van der Waals surface area contributed by atoms with Gasteiger partial charge in [0.2, 0.25) is 0 Å². The van der Waals surface area contributed by atoms with Crippen molar-refractivity contribution >= 4 is 22.8 Å². The number of aryl methyl sites for hydroxylation is 1. The van der Waals surface area contributed by atoms with E-state index in [1.54, 1.807) is 6.07 Å². The molecule has 0 aliphatic heterocycles. The van der Waals surface area contributed by atoms with E-state index < -0.39 is 12.1 Å². The van der Waals surface area contributed by atoms with Crippen LogP contribution in [0.25, 0.3) is 10.9 Å². The topological polar surface area (TPSA) is 80.6 Å². The first-order valence-electron chi connectivity index (χ1n) is 14.2. The van der Waals surface area contributed by atoms with Crippen molar-refractivity contribution in [3.05, 3.63) is 100 Å². The van der Waals surface area contributed by atoms with Gasteiger partial charge in [-0.15, -0.1) is 0 Å². The Balaban J connectivity index is 1.56. The van der Waals surface area contributed by atoms with E-state index in [1.165, 1.54) is 5.56 Å². The largest absolute Gasteiger partial charge is 0.478 e. The van der Waals surface area contributed by atoms with E-state index in [-0.39, 0.29) is 23.3 Å². The normalized spacial score (nSPS) is 13.3. The van der Waals surface area contributed by atoms with Crippen LogP contribution in [0, 0.1) is 12.8 Å². The molecule has 1 aromatic heterocycles. The van der Waals surface area contributed by atoms with Crippen LogP contribution in [-0.2, 0) is 23.7 Å². The zero-order valence-electron chi connectivity index (χ0n) is 25.4. The SMILES string of the molecule is Cc1c(Cc2cccc(OC(C(=O)O)C(C)C)c2)c2ccc(C(=O)N[C@@H](C)c3cccc(C(C)(C)C)c3)cc2n1C. The molecular formula is C35H42N2O4. The van der Waals surface area contributed by atoms with Crippen LogP contribution in [-0.4, -0.2) is 27.7 Å². The average Bonchev–Trinajstić information content (AvgIpc) is 3.15. The minimum absolute atomic E-state index is 0.0379. The van der Waals surface area contributed by atoms with Gasteiger partial charge < -0.3 is 19.7 Å². The van der Waals surface area contributed by atoms with Crippen LogP contribution >= 0.6 is 0 Å². The van der Waals surface area contributed by atoms with Crippen LogP contribution in [0.2, 0.25) is 0 Å². The Hall–Kier alpha value is -4.06. The van der Waals surface area contributed by atoms with Gasteiger partial charge in [-0.05, 0) is 72.2 Å². The molecule has 0 radical (unpaired) electrons. The first-order chi connectivity index (χ1) is 19.3. The summed E-state index contributed by atoms with van der Waals surface area (Å²) in [6.45, 7) is 14.3. The van der Waals surface area contributed by atoms with Gasteiger partial charge in [-0.2, -0.15) is 0 Å². The van der Waals surface area contributed by atoms with E-state index in [0.29, 0.717) is 17.7 Å². The summed E-state index contributed by atoms with van der Waals surface area (Å²) in [5.74, 6) is -0.686. The van der Waals surface area contributed by atoms with Crippen LogP contribution in [0.3, 0.4) is 0 Å². The molecular weight excluding hydrogens is 512 g/mol. The zero-order chi connectivity index (χ0) is 30.1. The van der Waals surface area contributed by atoms with Crippen molar-refractivity contribution in [2.45, 2.75) is 72.4 Å². The highest BCUT2D eigenvalue weighted by Gasteiger charge is 2.24. The van der Waals surface area contributed by atoms with Crippen molar-refractivity contribution in [3.63, 3.8) is 0 Å². The number of carboxylic acid groups (broad SMARTS) is 1. The van der Waals surface area contributed by atoms with Crippen molar-refractivity contribution in [2.75, 3.05) is 0 Å². The summed E-state index contributed by atoms with van der Waals surface area (Å²) in [7, 11) is 2.02. The number of fused-ring (bicyclic) bond motifs is 1. The molecule has 2 N–H and O–H groups in total. The molecule has 0 aliphatic rings. The van der Waals surface area contributed by atoms with Gasteiger partial charge in [0.15, 0.2) is 6.10 Å². The van der Waals surface area contributed by atoms with Crippen molar-refractivity contribution < 1.29 is 19.4 Å². The maximum atomic E-state index is 13.3. The molecule has 0 aliphatic carbocycles. The van der Waals surface area contributed by atoms with E-state index in [2.05, 4.69) is 61.8 Å². The molecule has 0 saturated heterocycles. The number of carbonyl (C=O) groups excluding carboxylic acids is 1. The van der Waals surface area contributed by atoms with E-state index in [1.807, 2.05) is 64.2 Å². The average molecular weight is 555 g/mol. The molecule has 6 nitrogen and oxygen atoms in total. The minimum atomic E-state index is -0.969. The Morgan fingerprint density at radius 3 is 2.34 bits per heavy atom. The number of amides is 1. The van der Waals surface area contributed by atoms with E-state index in [4.69, 9.17) is 4.74 Å². The van der Waals surface area contributed by atoms with Crippen LogP contribution in [0.1, 0.15) is 85.9 Å². The van der Waals surface area contributed by atoms with Gasteiger partial charge in [0.25, 0.3) is 5.91 Å². The second-order valence-electron chi connectivity index (χ2n) is 12.4. The quantitative estimate of drug-likeness (QED) is 0.227. The van der Waals surface area contributed by atoms with E-state index in [9.17, 15) is 14.7 Å². The Morgan fingerprint density at radius 2 is 1.68 bits per heavy atom. The molecule has 4 aromatic rings. The number of nitrogens with one attached hydrogen (secondary N) is 1. The van der Waals surface area contributed by atoms with Crippen molar-refractivity contribution in [1.82, 2.24) is 9.88 Å². The summed E-state index contributed by atoms with van der Waals surface area (Å²) in [6.07, 6.45) is -0.244. The number of rotatable bonds is 9. The van der Waals surface area contributed by atoms with Crippen molar-refractivity contribution in [2.24, 2.45) is 13.0 Å². The first kappa shape index (κ1) is 29.9. The fraction of sp³-hybridized carbons (Fsp3) is 0.371. The molecule has 1 heterocycles. The first-order valence-corrected chi connectivity index (χ1v) is 14.2. The smallest absolute Gasteiger partial charge is 0.345 e. The van der Waals surface area contributed by atoms with E-state index in [0.717, 1.165) is 33.3 Å². The predicted molar refractivity (Wildman–Crippen MR) is 165 cm³/mol. The number of hydrogen-bond donors (Lipinski definition) is 2. The highest BCUT2D eigenvalue weighted by Crippen LogP contribution is 2.30. The molecule has 0 fully saturated rings. The number of nitrogens with zero attached hydrogens (tertiary/aromatic N) is 1. The molecule has 2 atom stereocenters. The van der Waals surface area contributed by atoms with Gasteiger partial charge in [-0.25, -0.2) is 4.79 Å². The fourth-order valence-electron chi connectivity index (χ4n) is 5.20. The predicted octanol–water partition coefficient (Wildman–Crippen LogP) is 7.35. The third kappa shape index (κ3) is 6.64. The van der Waals surface area contributed by atoms with Crippen LogP contribution in [0.15, 0.2) is 66.7 Å². The Morgan fingerprint density at radius 1 is 0.976 bits per heavy atom. The maximum absolute atomic E-state index is 13.3. The Bertz CT molecular complexity index is 1580. The molecule has 0 saturated carbocycles. The number of carbonyl (C=O) groups is 2. The fourth-order valence-corrected chi connectivity index (χ4v) is 5.20. The lowest BCUT2D eigenvalue weighted by atomic mass is 9.85. The van der Waals surface area contributed by atoms with Crippen molar-refractivity contribution in [1.29, 1.82) is 0 Å². The van der Waals surface area contributed by atoms with E-state index >= 15 is 0 Å². The van der Waals surface area contributed by atoms with Gasteiger partial charge >= 0.3 is 5.97 Å². The summed E-state index contributed by atoms with van der Waals surface area (Å²) in [4.78, 5) is 24.9. The van der Waals surface area contributed by atoms with Gasteiger partial charge in [-0.1, -0.05) is 77.1 Å². The second-order valence-corrected chi connectivity index (χ2v) is 12.4. The van der Waals surface area contributed by atoms with Gasteiger partial charge in [-0.3, -0.25) is 4.79 Å². The summed E-state index contributed by atoms with van der Waals surface area (Å²) in [5, 5.41) is 13.8. The van der Waals surface area contributed by atoms with Gasteiger partial charge in [0, 0.05) is 35.1 Å². The van der Waals surface area contributed by atoms with Crippen LogP contribution < -0.4 is 10.1 Å². The molecule has 41 heavy (non-hydrogen) atoms. The Kier molecular flexibility index (Phi) is 8.62.